The highest BCUT2D eigenvalue weighted by atomic mass is 16.6. The Morgan fingerprint density at radius 3 is 2.33 bits per heavy atom. The molecule has 0 aromatic heterocycles. The van der Waals surface area contributed by atoms with Gasteiger partial charge in [-0.25, -0.2) is 0 Å². The average molecular weight is 288 g/mol. The van der Waals surface area contributed by atoms with Crippen LogP contribution < -0.4 is 5.73 Å². The van der Waals surface area contributed by atoms with Gasteiger partial charge in [0.05, 0.1) is 11.8 Å². The number of oxime groups is 1. The van der Waals surface area contributed by atoms with E-state index in [1.807, 2.05) is 45.0 Å². The number of hydrogen-bond acceptors (Lipinski definition) is 4. The highest BCUT2D eigenvalue weighted by Crippen LogP contribution is 2.10. The van der Waals surface area contributed by atoms with Gasteiger partial charge in [-0.3, -0.25) is 4.79 Å². The molecule has 4 nitrogen and oxygen atoms in total. The number of ketones is 1. The van der Waals surface area contributed by atoms with Gasteiger partial charge in [0.2, 0.25) is 0 Å². The Morgan fingerprint density at radius 2 is 1.86 bits per heavy atom. The summed E-state index contributed by atoms with van der Waals surface area (Å²) in [5, 5.41) is 4.06. The van der Waals surface area contributed by atoms with E-state index < -0.39 is 6.04 Å². The maximum atomic E-state index is 11.7. The fourth-order valence-electron chi connectivity index (χ4n) is 1.78. The van der Waals surface area contributed by atoms with E-state index >= 15 is 0 Å². The minimum absolute atomic E-state index is 0.0605. The highest BCUT2D eigenvalue weighted by molar-refractivity contribution is 5.99. The molecule has 0 aliphatic heterocycles. The largest absolute Gasteiger partial charge is 0.393 e. The minimum atomic E-state index is -0.535. The summed E-state index contributed by atoms with van der Waals surface area (Å²) in [4.78, 5) is 16.9. The van der Waals surface area contributed by atoms with Crippen LogP contribution in [0.15, 0.2) is 41.6 Å². The Balaban J connectivity index is 2.72. The average Bonchev–Trinajstić information content (AvgIpc) is 2.44. The third-order valence-electron chi connectivity index (χ3n) is 2.99. The lowest BCUT2D eigenvalue weighted by Gasteiger charge is -2.11. The second kappa shape index (κ2) is 7.74. The molecule has 1 atom stereocenters. The lowest BCUT2D eigenvalue weighted by molar-refractivity contribution is -0.116. The molecule has 0 aliphatic carbocycles. The Morgan fingerprint density at radius 1 is 1.29 bits per heavy atom. The van der Waals surface area contributed by atoms with E-state index in [-0.39, 0.29) is 11.9 Å². The lowest BCUT2D eigenvalue weighted by atomic mass is 9.98. The Kier molecular flexibility index (Phi) is 6.31. The molecule has 0 saturated heterocycles. The standard InChI is InChI=1S/C17H24N2O2/c1-11(2)17(20)16(18)10-14-6-8-15(9-7-14)13(5)19-21-12(3)4/h6-9,12,16H,1,10,18H2,2-5H3/b19-13-. The molecule has 0 fully saturated rings. The van der Waals surface area contributed by atoms with Crippen molar-refractivity contribution in [2.45, 2.75) is 46.3 Å². The van der Waals surface area contributed by atoms with Crippen molar-refractivity contribution in [3.8, 4) is 0 Å². The van der Waals surface area contributed by atoms with E-state index in [1.54, 1.807) is 6.92 Å². The zero-order chi connectivity index (χ0) is 16.0. The van der Waals surface area contributed by atoms with Crippen LogP contribution in [0.5, 0.6) is 0 Å². The van der Waals surface area contributed by atoms with E-state index in [1.165, 1.54) is 0 Å². The molecule has 114 valence electrons. The molecular weight excluding hydrogens is 264 g/mol. The van der Waals surface area contributed by atoms with Gasteiger partial charge in [-0.05, 0) is 50.8 Å². The normalized spacial score (nSPS) is 13.1. The Labute approximate surface area is 126 Å². The van der Waals surface area contributed by atoms with Crippen LogP contribution in [0.3, 0.4) is 0 Å². The monoisotopic (exact) mass is 288 g/mol. The molecule has 1 rings (SSSR count). The van der Waals surface area contributed by atoms with Crippen molar-refractivity contribution >= 4 is 11.5 Å². The van der Waals surface area contributed by atoms with E-state index in [0.29, 0.717) is 12.0 Å². The smallest absolute Gasteiger partial charge is 0.174 e. The number of benzene rings is 1. The van der Waals surface area contributed by atoms with Crippen LogP contribution in [0.1, 0.15) is 38.8 Å². The maximum absolute atomic E-state index is 11.7. The third-order valence-corrected chi connectivity index (χ3v) is 2.99. The van der Waals surface area contributed by atoms with Crippen molar-refractivity contribution in [3.05, 3.63) is 47.5 Å². The van der Waals surface area contributed by atoms with Crippen LogP contribution in [0.4, 0.5) is 0 Å². The van der Waals surface area contributed by atoms with Gasteiger partial charge in [-0.1, -0.05) is 36.0 Å². The zero-order valence-corrected chi connectivity index (χ0v) is 13.2. The summed E-state index contributed by atoms with van der Waals surface area (Å²) in [6, 6.07) is 7.28. The summed E-state index contributed by atoms with van der Waals surface area (Å²) < 4.78 is 0. The van der Waals surface area contributed by atoms with Gasteiger partial charge in [-0.2, -0.15) is 0 Å². The second-order valence-electron chi connectivity index (χ2n) is 5.48. The summed E-state index contributed by atoms with van der Waals surface area (Å²) in [7, 11) is 0. The molecule has 21 heavy (non-hydrogen) atoms. The maximum Gasteiger partial charge on any atom is 0.174 e. The molecule has 0 radical (unpaired) electrons. The molecule has 0 bridgehead atoms. The van der Waals surface area contributed by atoms with Crippen molar-refractivity contribution < 1.29 is 9.63 Å². The molecule has 0 amide bonds. The molecule has 2 N–H and O–H groups in total. The van der Waals surface area contributed by atoms with E-state index in [4.69, 9.17) is 10.6 Å². The summed E-state index contributed by atoms with van der Waals surface area (Å²) in [5.41, 5.74) is 9.18. The van der Waals surface area contributed by atoms with Crippen molar-refractivity contribution in [1.29, 1.82) is 0 Å². The number of carbonyl (C=O) groups excluding carboxylic acids is 1. The molecule has 0 heterocycles. The lowest BCUT2D eigenvalue weighted by Crippen LogP contribution is -2.33. The number of carbonyl (C=O) groups is 1. The molecule has 0 aliphatic rings. The number of hydrogen-bond donors (Lipinski definition) is 1. The first-order valence-electron chi connectivity index (χ1n) is 7.06. The van der Waals surface area contributed by atoms with Crippen LogP contribution in [-0.4, -0.2) is 23.6 Å². The van der Waals surface area contributed by atoms with Gasteiger partial charge in [0.15, 0.2) is 5.78 Å². The SMILES string of the molecule is C=C(C)C(=O)C(N)Cc1ccc(/C(C)=N\OC(C)C)cc1. The minimum Gasteiger partial charge on any atom is -0.393 e. The van der Waals surface area contributed by atoms with Gasteiger partial charge in [-0.15, -0.1) is 0 Å². The van der Waals surface area contributed by atoms with Gasteiger partial charge in [0.25, 0.3) is 0 Å². The number of rotatable bonds is 7. The topological polar surface area (TPSA) is 64.7 Å². The zero-order valence-electron chi connectivity index (χ0n) is 13.2. The first-order chi connectivity index (χ1) is 9.81. The van der Waals surface area contributed by atoms with Gasteiger partial charge in [0, 0.05) is 0 Å². The highest BCUT2D eigenvalue weighted by Gasteiger charge is 2.14. The van der Waals surface area contributed by atoms with Crippen LogP contribution in [-0.2, 0) is 16.1 Å². The van der Waals surface area contributed by atoms with Crippen LogP contribution in [0.2, 0.25) is 0 Å². The van der Waals surface area contributed by atoms with Gasteiger partial charge in [0.1, 0.15) is 6.10 Å². The van der Waals surface area contributed by atoms with Crippen LogP contribution in [0.25, 0.3) is 0 Å². The summed E-state index contributed by atoms with van der Waals surface area (Å²) in [6.07, 6.45) is 0.565. The van der Waals surface area contributed by atoms with Gasteiger partial charge < -0.3 is 10.6 Å². The molecule has 1 aromatic rings. The summed E-state index contributed by atoms with van der Waals surface area (Å²) in [5.74, 6) is -0.0952. The Bertz CT molecular complexity index is 530. The third kappa shape index (κ3) is 5.52. The molecule has 0 saturated carbocycles. The fraction of sp³-hybridized carbons (Fsp3) is 0.412. The van der Waals surface area contributed by atoms with Crippen LogP contribution in [0, 0.1) is 0 Å². The molecule has 0 spiro atoms. The summed E-state index contributed by atoms with van der Waals surface area (Å²) in [6.45, 7) is 11.1. The van der Waals surface area contributed by atoms with E-state index in [0.717, 1.165) is 16.8 Å². The first-order valence-corrected chi connectivity index (χ1v) is 7.06. The molecule has 4 heteroatoms. The number of nitrogens with zero attached hydrogens (tertiary/aromatic N) is 1. The Hall–Kier alpha value is -1.94. The van der Waals surface area contributed by atoms with Crippen molar-refractivity contribution in [2.75, 3.05) is 0 Å². The van der Waals surface area contributed by atoms with Crippen molar-refractivity contribution in [3.63, 3.8) is 0 Å². The molecule has 1 unspecified atom stereocenters. The predicted octanol–water partition coefficient (Wildman–Crippen LogP) is 2.85. The molecule has 1 aromatic carbocycles. The van der Waals surface area contributed by atoms with Gasteiger partial charge >= 0.3 is 0 Å². The van der Waals surface area contributed by atoms with Crippen molar-refractivity contribution in [2.24, 2.45) is 10.9 Å². The predicted molar refractivity (Wildman–Crippen MR) is 86.4 cm³/mol. The molecular formula is C17H24N2O2. The summed E-state index contributed by atoms with van der Waals surface area (Å²) >= 11 is 0. The van der Waals surface area contributed by atoms with E-state index in [2.05, 4.69) is 11.7 Å². The van der Waals surface area contributed by atoms with Crippen LogP contribution >= 0.6 is 0 Å². The van der Waals surface area contributed by atoms with Crippen molar-refractivity contribution in [1.82, 2.24) is 0 Å². The van der Waals surface area contributed by atoms with E-state index in [9.17, 15) is 4.79 Å². The quantitative estimate of drug-likeness (QED) is 0.476. The fourth-order valence-corrected chi connectivity index (χ4v) is 1.78. The first kappa shape index (κ1) is 17.1. The number of nitrogens with two attached hydrogens (primary N) is 1. The number of Topliss-reactive ketones (excluding diaryl/α,β-unsaturated/α-hetero) is 1. The second-order valence-corrected chi connectivity index (χ2v) is 5.48.